The third kappa shape index (κ3) is 2.10. The molecular weight excluding hydrogens is 258 g/mol. The highest BCUT2D eigenvalue weighted by atomic mass is 32.1. The molecule has 0 saturated carbocycles. The first-order chi connectivity index (χ1) is 9.31. The van der Waals surface area contributed by atoms with Crippen molar-refractivity contribution in [3.8, 4) is 0 Å². The maximum Gasteiger partial charge on any atom is 0.170 e. The van der Waals surface area contributed by atoms with E-state index in [1.54, 1.807) is 12.5 Å². The van der Waals surface area contributed by atoms with Crippen LogP contribution in [-0.4, -0.2) is 21.5 Å². The molecule has 1 saturated heterocycles. The summed E-state index contributed by atoms with van der Waals surface area (Å²) in [5, 5.41) is 4.09. The van der Waals surface area contributed by atoms with Crippen molar-refractivity contribution in [2.45, 2.75) is 19.0 Å². The number of hydrogen-bond donors (Lipinski definition) is 1. The zero-order chi connectivity index (χ0) is 13.2. The van der Waals surface area contributed by atoms with Crippen LogP contribution in [0.15, 0.2) is 47.2 Å². The largest absolute Gasteiger partial charge is 0.467 e. The highest BCUT2D eigenvalue weighted by molar-refractivity contribution is 7.80. The predicted molar refractivity (Wildman–Crippen MR) is 76.5 cm³/mol. The molecule has 3 heterocycles. The summed E-state index contributed by atoms with van der Waals surface area (Å²) in [5.41, 5.74) is 0.974. The number of pyridine rings is 1. The Bertz CT molecular complexity index is 555. The van der Waals surface area contributed by atoms with Gasteiger partial charge >= 0.3 is 0 Å². The monoisotopic (exact) mass is 273 g/mol. The Hall–Kier alpha value is -1.88. The Morgan fingerprint density at radius 2 is 2.26 bits per heavy atom. The number of thiocarbonyl (C=S) groups is 1. The molecule has 0 aliphatic carbocycles. The van der Waals surface area contributed by atoms with Gasteiger partial charge in [0.25, 0.3) is 0 Å². The van der Waals surface area contributed by atoms with Crippen LogP contribution in [0, 0.1) is 0 Å². The summed E-state index contributed by atoms with van der Waals surface area (Å²) in [6, 6.07) is 9.88. The van der Waals surface area contributed by atoms with Crippen molar-refractivity contribution in [3.05, 3.63) is 54.2 Å². The predicted octanol–water partition coefficient (Wildman–Crippen LogP) is 2.67. The maximum absolute atomic E-state index is 5.58. The normalized spacial score (nSPS) is 22.6. The molecule has 2 atom stereocenters. The highest BCUT2D eigenvalue weighted by Gasteiger charge is 2.40. The Kier molecular flexibility index (Phi) is 3.21. The minimum absolute atomic E-state index is 0.0276. The molecule has 1 aliphatic rings. The fourth-order valence-electron chi connectivity index (χ4n) is 2.51. The molecule has 1 N–H and O–H groups in total. The second-order valence-electron chi connectivity index (χ2n) is 4.43. The topological polar surface area (TPSA) is 41.3 Å². The third-order valence-corrected chi connectivity index (χ3v) is 3.73. The summed E-state index contributed by atoms with van der Waals surface area (Å²) < 4.78 is 5.58. The summed E-state index contributed by atoms with van der Waals surface area (Å²) in [4.78, 5) is 6.57. The summed E-state index contributed by atoms with van der Waals surface area (Å²) in [6.45, 7) is 2.92. The standard InChI is InChI=1S/C14H15N3OS/c1-2-17-13(11-7-5-9-18-11)12(16-14(17)19)10-6-3-4-8-15-10/h3-9,12-13H,2H2,1H3,(H,16,19)/t12-,13+/m0/s1. The number of rotatable bonds is 3. The van der Waals surface area contributed by atoms with E-state index in [1.807, 2.05) is 30.3 Å². The van der Waals surface area contributed by atoms with E-state index in [-0.39, 0.29) is 12.1 Å². The molecule has 0 radical (unpaired) electrons. The zero-order valence-corrected chi connectivity index (χ0v) is 11.4. The van der Waals surface area contributed by atoms with E-state index in [9.17, 15) is 0 Å². The highest BCUT2D eigenvalue weighted by Crippen LogP contribution is 2.38. The second kappa shape index (κ2) is 5.01. The van der Waals surface area contributed by atoms with Crippen molar-refractivity contribution in [2.75, 3.05) is 6.54 Å². The fraction of sp³-hybridized carbons (Fsp3) is 0.286. The molecule has 4 nitrogen and oxygen atoms in total. The van der Waals surface area contributed by atoms with Gasteiger partial charge in [0.2, 0.25) is 0 Å². The van der Waals surface area contributed by atoms with Gasteiger partial charge in [-0.1, -0.05) is 6.07 Å². The van der Waals surface area contributed by atoms with Gasteiger partial charge in [-0.15, -0.1) is 0 Å². The Balaban J connectivity index is 2.01. The molecule has 2 aromatic heterocycles. The van der Waals surface area contributed by atoms with E-state index in [4.69, 9.17) is 16.6 Å². The molecule has 3 rings (SSSR count). The van der Waals surface area contributed by atoms with Gasteiger partial charge in [-0.25, -0.2) is 0 Å². The average Bonchev–Trinajstić information content (AvgIpc) is 3.06. The number of likely N-dealkylation sites (N-methyl/N-ethyl adjacent to an activating group) is 1. The first kappa shape index (κ1) is 12.2. The summed E-state index contributed by atoms with van der Waals surface area (Å²) in [5.74, 6) is 0.907. The Labute approximate surface area is 117 Å². The quantitative estimate of drug-likeness (QED) is 0.871. The molecule has 98 valence electrons. The van der Waals surface area contributed by atoms with Gasteiger partial charge in [0.15, 0.2) is 5.11 Å². The van der Waals surface area contributed by atoms with Gasteiger partial charge < -0.3 is 14.6 Å². The lowest BCUT2D eigenvalue weighted by Crippen LogP contribution is -2.29. The van der Waals surface area contributed by atoms with Crippen LogP contribution in [0.5, 0.6) is 0 Å². The molecule has 0 spiro atoms. The van der Waals surface area contributed by atoms with Crippen molar-refractivity contribution >= 4 is 17.3 Å². The molecule has 0 bridgehead atoms. The van der Waals surface area contributed by atoms with E-state index >= 15 is 0 Å². The van der Waals surface area contributed by atoms with Gasteiger partial charge in [-0.2, -0.15) is 0 Å². The van der Waals surface area contributed by atoms with Crippen LogP contribution in [0.25, 0.3) is 0 Å². The minimum atomic E-state index is 0.0276. The van der Waals surface area contributed by atoms with Gasteiger partial charge in [0.05, 0.1) is 18.0 Å². The molecule has 5 heteroatoms. The molecule has 2 aromatic rings. The van der Waals surface area contributed by atoms with Crippen molar-refractivity contribution in [3.63, 3.8) is 0 Å². The Morgan fingerprint density at radius 3 is 2.89 bits per heavy atom. The van der Waals surface area contributed by atoms with Crippen LogP contribution >= 0.6 is 12.2 Å². The summed E-state index contributed by atoms with van der Waals surface area (Å²) >= 11 is 5.41. The van der Waals surface area contributed by atoms with Crippen LogP contribution in [-0.2, 0) is 0 Å². The molecular formula is C14H15N3OS. The van der Waals surface area contributed by atoms with Gasteiger partial charge in [0, 0.05) is 12.7 Å². The van der Waals surface area contributed by atoms with Crippen LogP contribution in [0.2, 0.25) is 0 Å². The first-order valence-electron chi connectivity index (χ1n) is 6.32. The Morgan fingerprint density at radius 1 is 1.37 bits per heavy atom. The lowest BCUT2D eigenvalue weighted by molar-refractivity contribution is 0.282. The smallest absolute Gasteiger partial charge is 0.170 e. The number of aromatic nitrogens is 1. The van der Waals surface area contributed by atoms with Crippen molar-refractivity contribution in [1.82, 2.24) is 15.2 Å². The average molecular weight is 273 g/mol. The lowest BCUT2D eigenvalue weighted by atomic mass is 10.0. The number of nitrogens with zero attached hydrogens (tertiary/aromatic N) is 2. The molecule has 1 aliphatic heterocycles. The van der Waals surface area contributed by atoms with E-state index in [1.165, 1.54) is 0 Å². The van der Waals surface area contributed by atoms with Crippen LogP contribution in [0.3, 0.4) is 0 Å². The molecule has 1 fully saturated rings. The van der Waals surface area contributed by atoms with Crippen molar-refractivity contribution < 1.29 is 4.42 Å². The summed E-state index contributed by atoms with van der Waals surface area (Å²) in [7, 11) is 0. The zero-order valence-electron chi connectivity index (χ0n) is 10.6. The van der Waals surface area contributed by atoms with E-state index in [0.29, 0.717) is 0 Å². The molecule has 0 aromatic carbocycles. The molecule has 0 amide bonds. The van der Waals surface area contributed by atoms with Crippen molar-refractivity contribution in [1.29, 1.82) is 0 Å². The van der Waals surface area contributed by atoms with Crippen LogP contribution in [0.4, 0.5) is 0 Å². The summed E-state index contributed by atoms with van der Waals surface area (Å²) in [6.07, 6.45) is 3.49. The number of furan rings is 1. The van der Waals surface area contributed by atoms with Gasteiger partial charge in [-0.05, 0) is 43.4 Å². The lowest BCUT2D eigenvalue weighted by Gasteiger charge is -2.24. The van der Waals surface area contributed by atoms with Gasteiger partial charge in [0.1, 0.15) is 11.8 Å². The second-order valence-corrected chi connectivity index (χ2v) is 4.81. The van der Waals surface area contributed by atoms with Crippen LogP contribution < -0.4 is 5.32 Å². The van der Waals surface area contributed by atoms with E-state index in [0.717, 1.165) is 23.1 Å². The maximum atomic E-state index is 5.58. The molecule has 0 unspecified atom stereocenters. The van der Waals surface area contributed by atoms with Crippen molar-refractivity contribution in [2.24, 2.45) is 0 Å². The van der Waals surface area contributed by atoms with E-state index in [2.05, 4.69) is 22.1 Å². The number of hydrogen-bond acceptors (Lipinski definition) is 3. The minimum Gasteiger partial charge on any atom is -0.467 e. The SMILES string of the molecule is CCN1C(=S)N[C@@H](c2ccccn2)[C@H]1c1ccco1. The third-order valence-electron chi connectivity index (χ3n) is 3.37. The van der Waals surface area contributed by atoms with E-state index < -0.39 is 0 Å². The molecule has 19 heavy (non-hydrogen) atoms. The fourth-order valence-corrected chi connectivity index (χ4v) is 2.88. The number of nitrogens with one attached hydrogen (secondary N) is 1. The van der Waals surface area contributed by atoms with Gasteiger partial charge in [-0.3, -0.25) is 4.98 Å². The first-order valence-corrected chi connectivity index (χ1v) is 6.73. The van der Waals surface area contributed by atoms with Crippen LogP contribution in [0.1, 0.15) is 30.5 Å².